The lowest BCUT2D eigenvalue weighted by Crippen LogP contribution is -2.43. The van der Waals surface area contributed by atoms with Gasteiger partial charge < -0.3 is 10.6 Å². The number of hydrogen-bond donors (Lipinski definition) is 1. The topological polar surface area (TPSA) is 46.3 Å². The van der Waals surface area contributed by atoms with E-state index in [0.717, 1.165) is 19.4 Å². The van der Waals surface area contributed by atoms with Gasteiger partial charge in [-0.15, -0.1) is 23.7 Å². The standard InChI is InChI=1S/C13H20N2OS.ClH/c1-3-11-10-5-7-17-12(10)4-6-15(11)13(16)9(2)8-14;/h5,7,9,11H,3-4,6,8,14H2,1-2H3;1H. The molecule has 0 radical (unpaired) electrons. The Bertz CT molecular complexity index is 407. The molecular formula is C13H21ClN2OS. The van der Waals surface area contributed by atoms with E-state index < -0.39 is 0 Å². The maximum Gasteiger partial charge on any atom is 0.227 e. The normalized spacial score (nSPS) is 19.9. The number of rotatable bonds is 3. The molecule has 1 aliphatic heterocycles. The lowest BCUT2D eigenvalue weighted by Gasteiger charge is -2.37. The average molecular weight is 289 g/mol. The van der Waals surface area contributed by atoms with Gasteiger partial charge in [0.05, 0.1) is 6.04 Å². The van der Waals surface area contributed by atoms with Gasteiger partial charge in [0, 0.05) is 23.9 Å². The van der Waals surface area contributed by atoms with Crippen LogP contribution in [-0.4, -0.2) is 23.9 Å². The van der Waals surface area contributed by atoms with E-state index in [4.69, 9.17) is 5.73 Å². The fraction of sp³-hybridized carbons (Fsp3) is 0.615. The van der Waals surface area contributed by atoms with Crippen molar-refractivity contribution in [1.29, 1.82) is 0 Å². The molecule has 1 aromatic heterocycles. The summed E-state index contributed by atoms with van der Waals surface area (Å²) in [6, 6.07) is 2.42. The van der Waals surface area contributed by atoms with Gasteiger partial charge in [-0.1, -0.05) is 13.8 Å². The molecule has 2 N–H and O–H groups in total. The van der Waals surface area contributed by atoms with E-state index in [0.29, 0.717) is 6.54 Å². The molecule has 2 rings (SSSR count). The van der Waals surface area contributed by atoms with Crippen LogP contribution < -0.4 is 5.73 Å². The second kappa shape index (κ2) is 6.55. The molecule has 2 unspecified atom stereocenters. The van der Waals surface area contributed by atoms with Crippen molar-refractivity contribution in [3.05, 3.63) is 21.9 Å². The van der Waals surface area contributed by atoms with E-state index in [-0.39, 0.29) is 30.3 Å². The molecule has 0 aromatic carbocycles. The lowest BCUT2D eigenvalue weighted by atomic mass is 9.96. The van der Waals surface area contributed by atoms with Crippen LogP contribution in [0.4, 0.5) is 0 Å². The highest BCUT2D eigenvalue weighted by atomic mass is 35.5. The molecule has 1 aliphatic rings. The summed E-state index contributed by atoms with van der Waals surface area (Å²) < 4.78 is 0. The maximum absolute atomic E-state index is 12.3. The number of hydrogen-bond acceptors (Lipinski definition) is 3. The van der Waals surface area contributed by atoms with Gasteiger partial charge in [0.25, 0.3) is 0 Å². The molecule has 1 amide bonds. The molecule has 0 fully saturated rings. The van der Waals surface area contributed by atoms with Crippen molar-refractivity contribution in [2.75, 3.05) is 13.1 Å². The predicted octanol–water partition coefficient (Wildman–Crippen LogP) is 2.60. The first-order valence-electron chi connectivity index (χ1n) is 6.25. The van der Waals surface area contributed by atoms with Gasteiger partial charge in [0.2, 0.25) is 5.91 Å². The quantitative estimate of drug-likeness (QED) is 0.929. The van der Waals surface area contributed by atoms with Gasteiger partial charge >= 0.3 is 0 Å². The first-order chi connectivity index (χ1) is 8.19. The molecule has 3 nitrogen and oxygen atoms in total. The summed E-state index contributed by atoms with van der Waals surface area (Å²) in [6.45, 7) is 5.33. The molecular weight excluding hydrogens is 268 g/mol. The molecule has 0 saturated heterocycles. The number of nitrogens with zero attached hydrogens (tertiary/aromatic N) is 1. The van der Waals surface area contributed by atoms with Crippen molar-refractivity contribution in [1.82, 2.24) is 4.90 Å². The van der Waals surface area contributed by atoms with Crippen LogP contribution in [0.5, 0.6) is 0 Å². The Hall–Kier alpha value is -0.580. The van der Waals surface area contributed by atoms with E-state index in [9.17, 15) is 4.79 Å². The smallest absolute Gasteiger partial charge is 0.227 e. The van der Waals surface area contributed by atoms with E-state index in [2.05, 4.69) is 18.4 Å². The molecule has 0 bridgehead atoms. The van der Waals surface area contributed by atoms with Crippen LogP contribution in [-0.2, 0) is 11.2 Å². The second-order valence-corrected chi connectivity index (χ2v) is 5.64. The minimum Gasteiger partial charge on any atom is -0.335 e. The summed E-state index contributed by atoms with van der Waals surface area (Å²) in [6.07, 6.45) is 1.97. The molecule has 2 atom stereocenters. The van der Waals surface area contributed by atoms with E-state index in [1.165, 1.54) is 10.4 Å². The van der Waals surface area contributed by atoms with Crippen molar-refractivity contribution in [3.63, 3.8) is 0 Å². The van der Waals surface area contributed by atoms with Gasteiger partial charge in [-0.05, 0) is 29.9 Å². The van der Waals surface area contributed by atoms with Gasteiger partial charge in [-0.3, -0.25) is 4.79 Å². The highest BCUT2D eigenvalue weighted by molar-refractivity contribution is 7.10. The number of carbonyl (C=O) groups excluding carboxylic acids is 1. The molecule has 0 spiro atoms. The van der Waals surface area contributed by atoms with Crippen LogP contribution in [0, 0.1) is 5.92 Å². The molecule has 2 heterocycles. The Morgan fingerprint density at radius 1 is 1.67 bits per heavy atom. The number of nitrogens with two attached hydrogens (primary N) is 1. The monoisotopic (exact) mass is 288 g/mol. The van der Waals surface area contributed by atoms with E-state index in [1.807, 2.05) is 23.2 Å². The number of halogens is 1. The zero-order chi connectivity index (χ0) is 12.4. The molecule has 0 saturated carbocycles. The largest absolute Gasteiger partial charge is 0.335 e. The number of fused-ring (bicyclic) bond motifs is 1. The zero-order valence-corrected chi connectivity index (χ0v) is 12.5. The minimum atomic E-state index is -0.0655. The third kappa shape index (κ3) is 2.71. The molecule has 102 valence electrons. The molecule has 5 heteroatoms. The van der Waals surface area contributed by atoms with E-state index >= 15 is 0 Å². The lowest BCUT2D eigenvalue weighted by molar-refractivity contribution is -0.137. The molecule has 1 aromatic rings. The first kappa shape index (κ1) is 15.5. The van der Waals surface area contributed by atoms with Gasteiger partial charge in [0.1, 0.15) is 0 Å². The first-order valence-corrected chi connectivity index (χ1v) is 7.13. The highest BCUT2D eigenvalue weighted by Crippen LogP contribution is 2.35. The molecule has 18 heavy (non-hydrogen) atoms. The van der Waals surface area contributed by atoms with Crippen LogP contribution in [0.1, 0.15) is 36.8 Å². The second-order valence-electron chi connectivity index (χ2n) is 4.64. The highest BCUT2D eigenvalue weighted by Gasteiger charge is 2.31. The van der Waals surface area contributed by atoms with Crippen LogP contribution in [0.15, 0.2) is 11.4 Å². The average Bonchev–Trinajstić information content (AvgIpc) is 2.83. The summed E-state index contributed by atoms with van der Waals surface area (Å²) in [7, 11) is 0. The van der Waals surface area contributed by atoms with Crippen molar-refractivity contribution in [2.24, 2.45) is 11.7 Å². The number of amides is 1. The minimum absolute atomic E-state index is 0. The van der Waals surface area contributed by atoms with Gasteiger partial charge in [-0.25, -0.2) is 0 Å². The third-order valence-electron chi connectivity index (χ3n) is 3.54. The Labute approximate surface area is 119 Å². The summed E-state index contributed by atoms with van der Waals surface area (Å²) in [4.78, 5) is 15.7. The Balaban J connectivity index is 0.00000162. The predicted molar refractivity (Wildman–Crippen MR) is 78.2 cm³/mol. The summed E-state index contributed by atoms with van der Waals surface area (Å²) >= 11 is 1.81. The number of thiophene rings is 1. The Kier molecular flexibility index (Phi) is 5.63. The van der Waals surface area contributed by atoms with Gasteiger partial charge in [0.15, 0.2) is 0 Å². The van der Waals surface area contributed by atoms with Crippen LogP contribution in [0.3, 0.4) is 0 Å². The van der Waals surface area contributed by atoms with Crippen LogP contribution in [0.2, 0.25) is 0 Å². The van der Waals surface area contributed by atoms with Crippen molar-refractivity contribution in [3.8, 4) is 0 Å². The maximum atomic E-state index is 12.3. The summed E-state index contributed by atoms with van der Waals surface area (Å²) in [5.41, 5.74) is 6.94. The van der Waals surface area contributed by atoms with Gasteiger partial charge in [-0.2, -0.15) is 0 Å². The van der Waals surface area contributed by atoms with Crippen molar-refractivity contribution >= 4 is 29.7 Å². The van der Waals surface area contributed by atoms with Crippen LogP contribution in [0.25, 0.3) is 0 Å². The van der Waals surface area contributed by atoms with Crippen molar-refractivity contribution in [2.45, 2.75) is 32.7 Å². The summed E-state index contributed by atoms with van der Waals surface area (Å²) in [5.74, 6) is 0.139. The fourth-order valence-corrected chi connectivity index (χ4v) is 3.41. The Morgan fingerprint density at radius 3 is 3.00 bits per heavy atom. The third-order valence-corrected chi connectivity index (χ3v) is 4.54. The number of carbonyl (C=O) groups is 1. The molecule has 0 aliphatic carbocycles. The van der Waals surface area contributed by atoms with Crippen molar-refractivity contribution < 1.29 is 4.79 Å². The SMILES string of the molecule is CCC1c2ccsc2CCN1C(=O)C(C)CN.Cl. The zero-order valence-electron chi connectivity index (χ0n) is 10.9. The summed E-state index contributed by atoms with van der Waals surface area (Å²) in [5, 5.41) is 2.13. The fourth-order valence-electron chi connectivity index (χ4n) is 2.48. The van der Waals surface area contributed by atoms with Crippen LogP contribution >= 0.6 is 23.7 Å². The van der Waals surface area contributed by atoms with E-state index in [1.54, 1.807) is 0 Å². The Morgan fingerprint density at radius 2 is 2.39 bits per heavy atom.